The summed E-state index contributed by atoms with van der Waals surface area (Å²) in [4.78, 5) is 0. The lowest BCUT2D eigenvalue weighted by Crippen LogP contribution is -2.39. The van der Waals surface area contributed by atoms with Crippen molar-refractivity contribution in [2.75, 3.05) is 13.1 Å². The average Bonchev–Trinajstić information content (AvgIpc) is 2.47. The van der Waals surface area contributed by atoms with E-state index in [2.05, 4.69) is 48.7 Å². The molecule has 0 aromatic heterocycles. The first kappa shape index (κ1) is 12.0. The summed E-state index contributed by atoms with van der Waals surface area (Å²) >= 11 is 0. The van der Waals surface area contributed by atoms with Crippen LogP contribution in [0.4, 0.5) is 0 Å². The Labute approximate surface area is 110 Å². The van der Waals surface area contributed by atoms with Gasteiger partial charge in [0, 0.05) is 0 Å². The molecular formula is C17H23N. The molecule has 0 spiro atoms. The topological polar surface area (TPSA) is 12.0 Å². The summed E-state index contributed by atoms with van der Waals surface area (Å²) in [7, 11) is 0. The highest BCUT2D eigenvalue weighted by atomic mass is 14.9. The van der Waals surface area contributed by atoms with E-state index < -0.39 is 0 Å². The minimum atomic E-state index is 0.413. The van der Waals surface area contributed by atoms with Crippen molar-refractivity contribution >= 4 is 6.08 Å². The van der Waals surface area contributed by atoms with Gasteiger partial charge in [-0.1, -0.05) is 43.3 Å². The van der Waals surface area contributed by atoms with Crippen LogP contribution in [0.3, 0.4) is 0 Å². The predicted octanol–water partition coefficient (Wildman–Crippen LogP) is 3.65. The quantitative estimate of drug-likeness (QED) is 0.833. The van der Waals surface area contributed by atoms with Crippen LogP contribution in [0.15, 0.2) is 30.3 Å². The van der Waals surface area contributed by atoms with E-state index in [-0.39, 0.29) is 0 Å². The molecule has 1 N–H and O–H groups in total. The maximum atomic E-state index is 3.49. The lowest BCUT2D eigenvalue weighted by molar-refractivity contribution is 0.170. The van der Waals surface area contributed by atoms with E-state index in [1.165, 1.54) is 44.3 Å². The number of fused-ring (bicyclic) bond motifs is 1. The van der Waals surface area contributed by atoms with Gasteiger partial charge in [0.25, 0.3) is 0 Å². The smallest absolute Gasteiger partial charge is 0.00459 e. The van der Waals surface area contributed by atoms with Crippen molar-refractivity contribution in [3.05, 3.63) is 41.5 Å². The third-order valence-corrected chi connectivity index (χ3v) is 4.98. The summed E-state index contributed by atoms with van der Waals surface area (Å²) in [5, 5.41) is 3.49. The molecule has 1 unspecified atom stereocenters. The Morgan fingerprint density at radius 2 is 2.00 bits per heavy atom. The Morgan fingerprint density at radius 1 is 1.22 bits per heavy atom. The average molecular weight is 241 g/mol. The van der Waals surface area contributed by atoms with Gasteiger partial charge < -0.3 is 5.32 Å². The van der Waals surface area contributed by atoms with Crippen LogP contribution in [0.5, 0.6) is 0 Å². The number of piperidine rings is 1. The largest absolute Gasteiger partial charge is 0.317 e. The third-order valence-electron chi connectivity index (χ3n) is 4.98. The van der Waals surface area contributed by atoms with Crippen LogP contribution in [-0.4, -0.2) is 13.1 Å². The molecule has 2 aliphatic rings. The van der Waals surface area contributed by atoms with Gasteiger partial charge in [-0.3, -0.25) is 0 Å². The van der Waals surface area contributed by atoms with E-state index in [1.54, 1.807) is 5.56 Å². The molecule has 96 valence electrons. The van der Waals surface area contributed by atoms with Gasteiger partial charge in [-0.25, -0.2) is 0 Å². The van der Waals surface area contributed by atoms with Crippen LogP contribution in [0, 0.1) is 11.3 Å². The molecule has 1 heterocycles. The zero-order chi connectivity index (χ0) is 12.4. The van der Waals surface area contributed by atoms with E-state index in [9.17, 15) is 0 Å². The molecule has 3 rings (SSSR count). The molecule has 0 saturated carbocycles. The molecular weight excluding hydrogens is 218 g/mol. The Kier molecular flexibility index (Phi) is 3.25. The third kappa shape index (κ3) is 2.01. The van der Waals surface area contributed by atoms with E-state index in [1.807, 2.05) is 0 Å². The second kappa shape index (κ2) is 4.89. The summed E-state index contributed by atoms with van der Waals surface area (Å²) in [5.74, 6) is 0.855. The van der Waals surface area contributed by atoms with E-state index >= 15 is 0 Å². The molecule has 1 aromatic carbocycles. The number of allylic oxidation sites excluding steroid dienone is 1. The Bertz CT molecular complexity index is 443. The Hall–Kier alpha value is -1.08. The fourth-order valence-electron chi connectivity index (χ4n) is 3.74. The van der Waals surface area contributed by atoms with Crippen LogP contribution in [0.2, 0.25) is 0 Å². The van der Waals surface area contributed by atoms with Crippen molar-refractivity contribution < 1.29 is 0 Å². The second-order valence-corrected chi connectivity index (χ2v) is 5.82. The van der Waals surface area contributed by atoms with E-state index in [0.717, 1.165) is 5.92 Å². The molecule has 1 nitrogen and oxygen atoms in total. The van der Waals surface area contributed by atoms with Crippen molar-refractivity contribution in [3.8, 4) is 0 Å². The highest BCUT2D eigenvalue weighted by molar-refractivity contribution is 5.58. The first-order valence-electron chi connectivity index (χ1n) is 7.32. The van der Waals surface area contributed by atoms with Crippen molar-refractivity contribution in [2.45, 2.75) is 32.6 Å². The fraction of sp³-hybridized carbons (Fsp3) is 0.529. The summed E-state index contributed by atoms with van der Waals surface area (Å²) in [6, 6.07) is 8.88. The molecule has 1 saturated heterocycles. The van der Waals surface area contributed by atoms with Gasteiger partial charge in [0.2, 0.25) is 0 Å². The molecule has 0 amide bonds. The number of hydrogen-bond acceptors (Lipinski definition) is 1. The monoisotopic (exact) mass is 241 g/mol. The summed E-state index contributed by atoms with van der Waals surface area (Å²) < 4.78 is 0. The summed E-state index contributed by atoms with van der Waals surface area (Å²) in [5.41, 5.74) is 3.38. The minimum absolute atomic E-state index is 0.413. The van der Waals surface area contributed by atoms with Gasteiger partial charge in [-0.2, -0.15) is 0 Å². The van der Waals surface area contributed by atoms with Crippen molar-refractivity contribution in [2.24, 2.45) is 11.3 Å². The van der Waals surface area contributed by atoms with Gasteiger partial charge in [-0.15, -0.1) is 0 Å². The van der Waals surface area contributed by atoms with Gasteiger partial charge in [0.05, 0.1) is 0 Å². The maximum absolute atomic E-state index is 3.49. The fourth-order valence-corrected chi connectivity index (χ4v) is 3.74. The number of rotatable bonds is 2. The summed E-state index contributed by atoms with van der Waals surface area (Å²) in [6.45, 7) is 4.75. The van der Waals surface area contributed by atoms with Crippen LogP contribution >= 0.6 is 0 Å². The minimum Gasteiger partial charge on any atom is -0.317 e. The van der Waals surface area contributed by atoms with E-state index in [4.69, 9.17) is 0 Å². The Balaban J connectivity index is 1.90. The molecule has 1 atom stereocenters. The van der Waals surface area contributed by atoms with Crippen LogP contribution in [0.1, 0.15) is 37.3 Å². The standard InChI is InChI=1S/C17H23N/c1-2-17(16-8-11-18-12-9-16)10-7-14-5-3-4-6-15(14)13-17/h3-7,10,16,18H,2,8-9,11-13H2,1H3. The van der Waals surface area contributed by atoms with Crippen LogP contribution in [-0.2, 0) is 6.42 Å². The lowest BCUT2D eigenvalue weighted by atomic mass is 9.64. The Morgan fingerprint density at radius 3 is 2.78 bits per heavy atom. The van der Waals surface area contributed by atoms with E-state index in [0.29, 0.717) is 5.41 Å². The normalized spacial score (nSPS) is 28.1. The number of nitrogens with one attached hydrogen (secondary N) is 1. The first-order chi connectivity index (χ1) is 8.84. The highest BCUT2D eigenvalue weighted by Crippen LogP contribution is 2.44. The van der Waals surface area contributed by atoms with Crippen molar-refractivity contribution in [1.29, 1.82) is 0 Å². The van der Waals surface area contributed by atoms with Crippen molar-refractivity contribution in [3.63, 3.8) is 0 Å². The molecule has 1 fully saturated rings. The molecule has 0 radical (unpaired) electrons. The molecule has 1 aliphatic carbocycles. The van der Waals surface area contributed by atoms with Gasteiger partial charge in [0.1, 0.15) is 0 Å². The zero-order valence-corrected chi connectivity index (χ0v) is 11.3. The maximum Gasteiger partial charge on any atom is -0.00459 e. The highest BCUT2D eigenvalue weighted by Gasteiger charge is 2.37. The molecule has 1 heteroatoms. The molecule has 1 aromatic rings. The van der Waals surface area contributed by atoms with Gasteiger partial charge in [-0.05, 0) is 61.2 Å². The summed E-state index contributed by atoms with van der Waals surface area (Å²) in [6.07, 6.45) is 10.1. The van der Waals surface area contributed by atoms with Gasteiger partial charge in [0.15, 0.2) is 0 Å². The lowest BCUT2D eigenvalue weighted by Gasteiger charge is -2.42. The second-order valence-electron chi connectivity index (χ2n) is 5.82. The molecule has 1 aliphatic heterocycles. The zero-order valence-electron chi connectivity index (χ0n) is 11.3. The van der Waals surface area contributed by atoms with Crippen LogP contribution in [0.25, 0.3) is 6.08 Å². The first-order valence-corrected chi connectivity index (χ1v) is 7.32. The number of benzene rings is 1. The van der Waals surface area contributed by atoms with Crippen LogP contribution < -0.4 is 5.32 Å². The van der Waals surface area contributed by atoms with Gasteiger partial charge >= 0.3 is 0 Å². The van der Waals surface area contributed by atoms with Crippen molar-refractivity contribution in [1.82, 2.24) is 5.32 Å². The number of hydrogen-bond donors (Lipinski definition) is 1. The predicted molar refractivity (Wildman–Crippen MR) is 77.5 cm³/mol. The SMILES string of the molecule is CCC1(C2CCNCC2)C=Cc2ccccc2C1. The molecule has 0 bridgehead atoms. The molecule has 18 heavy (non-hydrogen) atoms.